The first kappa shape index (κ1) is 16.3. The van der Waals surface area contributed by atoms with Gasteiger partial charge in [0.05, 0.1) is 11.1 Å². The van der Waals surface area contributed by atoms with E-state index in [4.69, 9.17) is 5.73 Å². The van der Waals surface area contributed by atoms with E-state index in [1.807, 2.05) is 0 Å². The van der Waals surface area contributed by atoms with E-state index in [-0.39, 0.29) is 11.4 Å². The molecule has 1 atom stereocenters. The monoisotopic (exact) mass is 336 g/mol. The van der Waals surface area contributed by atoms with Crippen molar-refractivity contribution in [3.8, 4) is 0 Å². The molecule has 0 bridgehead atoms. The first-order valence-corrected chi connectivity index (χ1v) is 9.74. The zero-order valence-electron chi connectivity index (χ0n) is 11.5. The molecule has 0 amide bonds. The van der Waals surface area contributed by atoms with Gasteiger partial charge in [0, 0.05) is 12.8 Å². The predicted molar refractivity (Wildman–Crippen MR) is 75.2 cm³/mol. The van der Waals surface area contributed by atoms with Crippen molar-refractivity contribution in [2.75, 3.05) is 12.8 Å². The molecule has 0 radical (unpaired) electrons. The molecule has 0 aromatic heterocycles. The Kier molecular flexibility index (Phi) is 4.39. The number of sulfonamides is 1. The number of hydrogen-bond donors (Lipinski definition) is 1. The van der Waals surface area contributed by atoms with Crippen LogP contribution >= 0.6 is 0 Å². The summed E-state index contributed by atoms with van der Waals surface area (Å²) in [6.07, 6.45) is 2.15. The second-order valence-electron chi connectivity index (χ2n) is 5.04. The Labute approximate surface area is 123 Å². The topological polar surface area (TPSA) is 97.5 Å². The number of piperidine rings is 1. The Morgan fingerprint density at radius 3 is 2.48 bits per heavy atom. The minimum atomic E-state index is -4.16. The number of nitrogens with two attached hydrogens (primary N) is 1. The summed E-state index contributed by atoms with van der Waals surface area (Å²) in [7, 11) is -7.78. The summed E-state index contributed by atoms with van der Waals surface area (Å²) in [6, 6.07) is 2.74. The van der Waals surface area contributed by atoms with E-state index in [0.29, 0.717) is 12.8 Å². The number of rotatable bonds is 3. The highest BCUT2D eigenvalue weighted by Crippen LogP contribution is 2.26. The van der Waals surface area contributed by atoms with Crippen LogP contribution in [-0.4, -0.2) is 40.1 Å². The Bertz CT molecular complexity index is 747. The number of nitrogens with zero attached hydrogens (tertiary/aromatic N) is 1. The van der Waals surface area contributed by atoms with Gasteiger partial charge in [0.2, 0.25) is 10.0 Å². The van der Waals surface area contributed by atoms with Crippen LogP contribution in [0.2, 0.25) is 0 Å². The van der Waals surface area contributed by atoms with E-state index >= 15 is 0 Å². The van der Waals surface area contributed by atoms with E-state index in [9.17, 15) is 21.2 Å². The van der Waals surface area contributed by atoms with Crippen molar-refractivity contribution >= 4 is 19.9 Å². The van der Waals surface area contributed by atoms with Crippen molar-refractivity contribution in [1.29, 1.82) is 0 Å². The third-order valence-corrected chi connectivity index (χ3v) is 6.47. The predicted octanol–water partition coefficient (Wildman–Crippen LogP) is 0.689. The fourth-order valence-electron chi connectivity index (χ4n) is 2.27. The SMILES string of the molecule is CS(=O)(=O)c1ccc(F)c(S(=O)(=O)N2CCCCC2N)c1. The first-order chi connectivity index (χ1) is 9.64. The maximum Gasteiger partial charge on any atom is 0.247 e. The fourth-order valence-corrected chi connectivity index (χ4v) is 4.66. The van der Waals surface area contributed by atoms with E-state index in [0.717, 1.165) is 35.2 Å². The minimum Gasteiger partial charge on any atom is -0.315 e. The Morgan fingerprint density at radius 2 is 1.90 bits per heavy atom. The number of halogens is 1. The first-order valence-electron chi connectivity index (χ1n) is 6.41. The summed E-state index contributed by atoms with van der Waals surface area (Å²) >= 11 is 0. The molecule has 0 aliphatic carbocycles. The van der Waals surface area contributed by atoms with E-state index in [1.54, 1.807) is 0 Å². The van der Waals surface area contributed by atoms with Crippen LogP contribution in [0.4, 0.5) is 4.39 Å². The van der Waals surface area contributed by atoms with Crippen LogP contribution in [0.15, 0.2) is 28.0 Å². The molecule has 0 spiro atoms. The molecule has 1 heterocycles. The van der Waals surface area contributed by atoms with Crippen molar-refractivity contribution in [2.45, 2.75) is 35.2 Å². The van der Waals surface area contributed by atoms with Crippen molar-refractivity contribution < 1.29 is 21.2 Å². The van der Waals surface area contributed by atoms with Crippen LogP contribution in [-0.2, 0) is 19.9 Å². The molecule has 1 aromatic rings. The summed E-state index contributed by atoms with van der Waals surface area (Å²) in [6.45, 7) is 0.200. The molecule has 1 aromatic carbocycles. The van der Waals surface area contributed by atoms with E-state index in [2.05, 4.69) is 0 Å². The van der Waals surface area contributed by atoms with Crippen LogP contribution in [0.25, 0.3) is 0 Å². The smallest absolute Gasteiger partial charge is 0.247 e. The van der Waals surface area contributed by atoms with Gasteiger partial charge in [-0.15, -0.1) is 0 Å². The molecule has 9 heteroatoms. The Morgan fingerprint density at radius 1 is 1.24 bits per heavy atom. The van der Waals surface area contributed by atoms with Crippen molar-refractivity contribution in [3.05, 3.63) is 24.0 Å². The van der Waals surface area contributed by atoms with Gasteiger partial charge in [0.1, 0.15) is 10.7 Å². The fraction of sp³-hybridized carbons (Fsp3) is 0.500. The largest absolute Gasteiger partial charge is 0.315 e. The van der Waals surface area contributed by atoms with Crippen molar-refractivity contribution in [3.63, 3.8) is 0 Å². The molecule has 6 nitrogen and oxygen atoms in total. The van der Waals surface area contributed by atoms with Gasteiger partial charge in [-0.3, -0.25) is 0 Å². The number of sulfone groups is 1. The van der Waals surface area contributed by atoms with E-state index in [1.165, 1.54) is 0 Å². The molecule has 1 aliphatic heterocycles. The summed E-state index contributed by atoms with van der Waals surface area (Å²) < 4.78 is 63.0. The quantitative estimate of drug-likeness (QED) is 0.819. The van der Waals surface area contributed by atoms with Crippen molar-refractivity contribution in [1.82, 2.24) is 4.31 Å². The zero-order valence-corrected chi connectivity index (χ0v) is 13.1. The van der Waals surface area contributed by atoms with Crippen LogP contribution in [0.3, 0.4) is 0 Å². The van der Waals surface area contributed by atoms with Gasteiger partial charge in [0.15, 0.2) is 9.84 Å². The highest BCUT2D eigenvalue weighted by atomic mass is 32.2. The molecule has 2 rings (SSSR count). The van der Waals surface area contributed by atoms with Gasteiger partial charge in [0.25, 0.3) is 0 Å². The molecular weight excluding hydrogens is 319 g/mol. The lowest BCUT2D eigenvalue weighted by Gasteiger charge is -2.32. The van der Waals surface area contributed by atoms with Crippen LogP contribution in [0.1, 0.15) is 19.3 Å². The minimum absolute atomic E-state index is 0.200. The summed E-state index contributed by atoms with van der Waals surface area (Å²) in [5, 5.41) is 0. The highest BCUT2D eigenvalue weighted by Gasteiger charge is 2.33. The van der Waals surface area contributed by atoms with Gasteiger partial charge in [-0.25, -0.2) is 21.2 Å². The van der Waals surface area contributed by atoms with Crippen LogP contribution < -0.4 is 5.73 Å². The van der Waals surface area contributed by atoms with Gasteiger partial charge in [-0.2, -0.15) is 4.31 Å². The highest BCUT2D eigenvalue weighted by molar-refractivity contribution is 7.91. The van der Waals surface area contributed by atoms with Crippen molar-refractivity contribution in [2.24, 2.45) is 5.73 Å². The standard InChI is InChI=1S/C12H17FN2O4S2/c1-20(16,17)9-5-6-10(13)11(8-9)21(18,19)15-7-3-2-4-12(15)14/h5-6,8,12H,2-4,7,14H2,1H3. The molecule has 0 saturated carbocycles. The molecule has 1 aliphatic rings. The second-order valence-corrected chi connectivity index (χ2v) is 8.92. The third kappa shape index (κ3) is 3.25. The molecule has 1 unspecified atom stereocenters. The molecule has 21 heavy (non-hydrogen) atoms. The zero-order chi connectivity index (χ0) is 15.8. The van der Waals surface area contributed by atoms with Crippen LogP contribution in [0.5, 0.6) is 0 Å². The lowest BCUT2D eigenvalue weighted by Crippen LogP contribution is -2.48. The van der Waals surface area contributed by atoms with Gasteiger partial charge in [-0.05, 0) is 37.5 Å². The average Bonchev–Trinajstić information content (AvgIpc) is 2.37. The lowest BCUT2D eigenvalue weighted by molar-refractivity contribution is 0.257. The lowest BCUT2D eigenvalue weighted by atomic mass is 10.1. The normalized spacial score (nSPS) is 21.4. The second kappa shape index (κ2) is 5.64. The number of hydrogen-bond acceptors (Lipinski definition) is 5. The molecule has 118 valence electrons. The Balaban J connectivity index is 2.54. The molecular formula is C12H17FN2O4S2. The Hall–Kier alpha value is -1.03. The van der Waals surface area contributed by atoms with Gasteiger partial charge >= 0.3 is 0 Å². The molecule has 1 fully saturated rings. The van der Waals surface area contributed by atoms with Gasteiger partial charge in [-0.1, -0.05) is 0 Å². The van der Waals surface area contributed by atoms with E-state index < -0.39 is 36.7 Å². The maximum absolute atomic E-state index is 13.9. The summed E-state index contributed by atoms with van der Waals surface area (Å²) in [5.41, 5.74) is 5.78. The van der Waals surface area contributed by atoms with Gasteiger partial charge < -0.3 is 5.73 Å². The maximum atomic E-state index is 13.9. The molecule has 1 saturated heterocycles. The molecule has 2 N–H and O–H groups in total. The summed E-state index contributed by atoms with van der Waals surface area (Å²) in [5.74, 6) is -0.986. The number of benzene rings is 1. The third-order valence-electron chi connectivity index (χ3n) is 3.42. The summed E-state index contributed by atoms with van der Waals surface area (Å²) in [4.78, 5) is -0.893. The van der Waals surface area contributed by atoms with Crippen LogP contribution in [0, 0.1) is 5.82 Å². The average molecular weight is 336 g/mol.